The van der Waals surface area contributed by atoms with Crippen LogP contribution in [-0.2, 0) is 19.6 Å². The van der Waals surface area contributed by atoms with Crippen LogP contribution in [0.5, 0.6) is 5.75 Å². The molecule has 0 aromatic heterocycles. The number of hydrogen-bond acceptors (Lipinski definition) is 6. The molecule has 2 aromatic carbocycles. The Balaban J connectivity index is 1.60. The molecule has 1 aliphatic rings. The quantitative estimate of drug-likeness (QED) is 0.637. The van der Waals surface area contributed by atoms with Gasteiger partial charge in [-0.1, -0.05) is 0 Å². The van der Waals surface area contributed by atoms with E-state index in [1.54, 1.807) is 37.3 Å². The maximum atomic E-state index is 12.9. The largest absolute Gasteiger partial charge is 0.497 e. The molecule has 0 radical (unpaired) electrons. The lowest BCUT2D eigenvalue weighted by Crippen LogP contribution is -2.41. The summed E-state index contributed by atoms with van der Waals surface area (Å²) in [6.45, 7) is 4.39. The Labute approximate surface area is 188 Å². The third-order valence-electron chi connectivity index (χ3n) is 5.52. The summed E-state index contributed by atoms with van der Waals surface area (Å²) in [7, 11) is -2.09. The van der Waals surface area contributed by atoms with Gasteiger partial charge in [-0.05, 0) is 74.7 Å². The second-order valence-electron chi connectivity index (χ2n) is 7.59. The van der Waals surface area contributed by atoms with Gasteiger partial charge in [-0.3, -0.25) is 4.79 Å². The first kappa shape index (κ1) is 23.7. The number of ether oxygens (including phenoxy) is 2. The lowest BCUT2D eigenvalue weighted by molar-refractivity contribution is -0.120. The number of aryl methyl sites for hydroxylation is 1. The number of amides is 1. The van der Waals surface area contributed by atoms with Crippen molar-refractivity contribution in [2.24, 2.45) is 5.92 Å². The molecule has 1 saturated heterocycles. The first-order valence-electron chi connectivity index (χ1n) is 10.5. The number of esters is 1. The van der Waals surface area contributed by atoms with E-state index >= 15 is 0 Å². The number of anilines is 1. The van der Waals surface area contributed by atoms with Gasteiger partial charge in [0.1, 0.15) is 5.75 Å². The van der Waals surface area contributed by atoms with Crippen molar-refractivity contribution >= 4 is 27.6 Å². The maximum Gasteiger partial charge on any atom is 0.338 e. The van der Waals surface area contributed by atoms with E-state index in [0.29, 0.717) is 36.4 Å². The molecule has 172 valence electrons. The second kappa shape index (κ2) is 10.1. The topological polar surface area (TPSA) is 102 Å². The summed E-state index contributed by atoms with van der Waals surface area (Å²) in [4.78, 5) is 24.8. The predicted molar refractivity (Wildman–Crippen MR) is 120 cm³/mol. The van der Waals surface area contributed by atoms with Crippen molar-refractivity contribution < 1.29 is 27.5 Å². The summed E-state index contributed by atoms with van der Waals surface area (Å²) >= 11 is 0. The van der Waals surface area contributed by atoms with Crippen LogP contribution in [-0.4, -0.2) is 51.4 Å². The molecule has 0 aliphatic carbocycles. The Bertz CT molecular complexity index is 1070. The fourth-order valence-electron chi connectivity index (χ4n) is 3.64. The molecule has 32 heavy (non-hydrogen) atoms. The molecule has 0 bridgehead atoms. The molecule has 8 nitrogen and oxygen atoms in total. The van der Waals surface area contributed by atoms with Crippen LogP contribution >= 0.6 is 0 Å². The van der Waals surface area contributed by atoms with Gasteiger partial charge in [0.15, 0.2) is 0 Å². The van der Waals surface area contributed by atoms with E-state index in [-0.39, 0.29) is 29.8 Å². The predicted octanol–water partition coefficient (Wildman–Crippen LogP) is 3.22. The van der Waals surface area contributed by atoms with Crippen molar-refractivity contribution in [1.82, 2.24) is 4.31 Å². The molecule has 0 spiro atoms. The Morgan fingerprint density at radius 2 is 1.75 bits per heavy atom. The summed E-state index contributed by atoms with van der Waals surface area (Å²) in [6, 6.07) is 11.3. The average Bonchev–Trinajstić information content (AvgIpc) is 2.80. The van der Waals surface area contributed by atoms with Crippen LogP contribution in [0.3, 0.4) is 0 Å². The van der Waals surface area contributed by atoms with Crippen LogP contribution in [0.25, 0.3) is 0 Å². The van der Waals surface area contributed by atoms with Crippen LogP contribution in [0.2, 0.25) is 0 Å². The number of sulfonamides is 1. The zero-order chi connectivity index (χ0) is 23.3. The van der Waals surface area contributed by atoms with Gasteiger partial charge in [0.2, 0.25) is 15.9 Å². The lowest BCUT2D eigenvalue weighted by Gasteiger charge is -2.30. The second-order valence-corrected chi connectivity index (χ2v) is 9.53. The Morgan fingerprint density at radius 1 is 1.09 bits per heavy atom. The van der Waals surface area contributed by atoms with Crippen molar-refractivity contribution in [3.63, 3.8) is 0 Å². The molecule has 2 aromatic rings. The number of benzene rings is 2. The molecule has 1 heterocycles. The number of carbonyl (C=O) groups is 2. The third kappa shape index (κ3) is 5.28. The van der Waals surface area contributed by atoms with E-state index in [1.807, 2.05) is 6.92 Å². The molecular formula is C23H28N2O6S. The zero-order valence-corrected chi connectivity index (χ0v) is 19.3. The number of rotatable bonds is 7. The highest BCUT2D eigenvalue weighted by Gasteiger charge is 2.32. The Kier molecular flexibility index (Phi) is 7.52. The maximum absolute atomic E-state index is 12.9. The summed E-state index contributed by atoms with van der Waals surface area (Å²) in [5, 5.41) is 2.90. The number of methoxy groups -OCH3 is 1. The van der Waals surface area contributed by atoms with E-state index < -0.39 is 16.0 Å². The minimum Gasteiger partial charge on any atom is -0.497 e. The molecule has 1 amide bonds. The molecule has 9 heteroatoms. The van der Waals surface area contributed by atoms with Crippen molar-refractivity contribution in [3.05, 3.63) is 53.6 Å². The fourth-order valence-corrected chi connectivity index (χ4v) is 5.10. The van der Waals surface area contributed by atoms with E-state index in [0.717, 1.165) is 5.56 Å². The van der Waals surface area contributed by atoms with Crippen LogP contribution in [0.4, 0.5) is 5.69 Å². The van der Waals surface area contributed by atoms with Gasteiger partial charge in [-0.2, -0.15) is 4.31 Å². The standard InChI is InChI=1S/C23H28N2O6S/c1-4-31-23(27)18-5-10-21(16(2)15-18)24-22(26)17-11-13-25(14-12-17)32(28,29)20-8-6-19(30-3)7-9-20/h5-10,15,17H,4,11-14H2,1-3H3,(H,24,26). The first-order valence-corrected chi connectivity index (χ1v) is 11.9. The smallest absolute Gasteiger partial charge is 0.338 e. The summed E-state index contributed by atoms with van der Waals surface area (Å²) < 4.78 is 37.2. The monoisotopic (exact) mass is 460 g/mol. The number of hydrogen-bond donors (Lipinski definition) is 1. The minimum absolute atomic E-state index is 0.154. The fraction of sp³-hybridized carbons (Fsp3) is 0.391. The highest BCUT2D eigenvalue weighted by atomic mass is 32.2. The van der Waals surface area contributed by atoms with Gasteiger partial charge < -0.3 is 14.8 Å². The molecule has 1 aliphatic heterocycles. The number of piperidine rings is 1. The van der Waals surface area contributed by atoms with Gasteiger partial charge in [-0.15, -0.1) is 0 Å². The van der Waals surface area contributed by atoms with Gasteiger partial charge in [-0.25, -0.2) is 13.2 Å². The van der Waals surface area contributed by atoms with Crippen LogP contribution in [0.1, 0.15) is 35.7 Å². The molecule has 1 N–H and O–H groups in total. The summed E-state index contributed by atoms with van der Waals surface area (Å²) in [5.74, 6) is -0.260. The van der Waals surface area contributed by atoms with Crippen LogP contribution < -0.4 is 10.1 Å². The van der Waals surface area contributed by atoms with Gasteiger partial charge in [0.25, 0.3) is 0 Å². The van der Waals surface area contributed by atoms with Gasteiger partial charge in [0, 0.05) is 24.7 Å². The highest BCUT2D eigenvalue weighted by molar-refractivity contribution is 7.89. The molecule has 1 fully saturated rings. The SMILES string of the molecule is CCOC(=O)c1ccc(NC(=O)C2CCN(S(=O)(=O)c3ccc(OC)cc3)CC2)c(C)c1. The van der Waals surface area contributed by atoms with Crippen LogP contribution in [0, 0.1) is 12.8 Å². The van der Waals surface area contributed by atoms with Crippen molar-refractivity contribution in [1.29, 1.82) is 0 Å². The number of nitrogens with one attached hydrogen (secondary N) is 1. The molecule has 3 rings (SSSR count). The minimum atomic E-state index is -3.62. The molecular weight excluding hydrogens is 432 g/mol. The van der Waals surface area contributed by atoms with Crippen molar-refractivity contribution in [3.8, 4) is 5.75 Å². The van der Waals surface area contributed by atoms with E-state index in [9.17, 15) is 18.0 Å². The molecule has 0 saturated carbocycles. The highest BCUT2D eigenvalue weighted by Crippen LogP contribution is 2.26. The van der Waals surface area contributed by atoms with Crippen molar-refractivity contribution in [2.45, 2.75) is 31.6 Å². The Morgan fingerprint density at radius 3 is 2.31 bits per heavy atom. The van der Waals surface area contributed by atoms with Gasteiger partial charge in [0.05, 0.1) is 24.2 Å². The van der Waals surface area contributed by atoms with Gasteiger partial charge >= 0.3 is 5.97 Å². The Hall–Kier alpha value is -2.91. The van der Waals surface area contributed by atoms with Crippen LogP contribution in [0.15, 0.2) is 47.4 Å². The number of nitrogens with zero attached hydrogens (tertiary/aromatic N) is 1. The summed E-state index contributed by atoms with van der Waals surface area (Å²) in [5.41, 5.74) is 1.80. The normalized spacial score (nSPS) is 15.2. The first-order chi connectivity index (χ1) is 15.3. The van der Waals surface area contributed by atoms with E-state index in [2.05, 4.69) is 5.32 Å². The average molecular weight is 461 g/mol. The van der Waals surface area contributed by atoms with E-state index in [1.165, 1.54) is 23.5 Å². The third-order valence-corrected chi connectivity index (χ3v) is 7.43. The van der Waals surface area contributed by atoms with E-state index in [4.69, 9.17) is 9.47 Å². The molecule has 0 unspecified atom stereocenters. The number of carbonyl (C=O) groups excluding carboxylic acids is 2. The lowest BCUT2D eigenvalue weighted by atomic mass is 9.97. The molecule has 0 atom stereocenters. The van der Waals surface area contributed by atoms with Crippen molar-refractivity contribution in [2.75, 3.05) is 32.1 Å². The summed E-state index contributed by atoms with van der Waals surface area (Å²) in [6.07, 6.45) is 0.863. The zero-order valence-electron chi connectivity index (χ0n) is 18.5.